The van der Waals surface area contributed by atoms with Crippen molar-refractivity contribution >= 4 is 15.9 Å². The third kappa shape index (κ3) is 3.46. The van der Waals surface area contributed by atoms with Crippen LogP contribution in [-0.4, -0.2) is 14.8 Å². The number of halogens is 4. The van der Waals surface area contributed by atoms with Crippen molar-refractivity contribution in [2.45, 2.75) is 19.4 Å². The number of benzene rings is 2. The zero-order valence-corrected chi connectivity index (χ0v) is 15.8. The Morgan fingerprint density at radius 3 is 2.31 bits per heavy atom. The molecule has 1 heterocycles. The van der Waals surface area contributed by atoms with E-state index in [1.165, 1.54) is 18.2 Å². The van der Waals surface area contributed by atoms with Gasteiger partial charge in [-0.2, -0.15) is 0 Å². The number of ether oxygens (including phenoxy) is 1. The van der Waals surface area contributed by atoms with E-state index in [0.29, 0.717) is 21.7 Å². The molecule has 0 fully saturated rings. The molecule has 3 aromatic rings. The predicted octanol–water partition coefficient (Wildman–Crippen LogP) is 4.98. The van der Waals surface area contributed by atoms with Crippen LogP contribution >= 0.6 is 15.9 Å². The summed E-state index contributed by atoms with van der Waals surface area (Å²) < 4.78 is 48.2. The van der Waals surface area contributed by atoms with Crippen molar-refractivity contribution in [3.05, 3.63) is 64.1 Å². The monoisotopic (exact) mass is 425 g/mol. The maximum absolute atomic E-state index is 13.9. The Kier molecular flexibility index (Phi) is 4.79. The fraction of sp³-hybridized carbons (Fsp3) is 0.222. The molecule has 136 valence electrons. The van der Waals surface area contributed by atoms with Crippen molar-refractivity contribution < 1.29 is 17.9 Å². The van der Waals surface area contributed by atoms with Crippen LogP contribution < -0.4 is 4.74 Å². The molecule has 0 aliphatic carbocycles. The number of hydrogen-bond donors (Lipinski definition) is 0. The fourth-order valence-corrected chi connectivity index (χ4v) is 3.17. The van der Waals surface area contributed by atoms with Crippen molar-refractivity contribution in [3.8, 4) is 17.1 Å². The fourth-order valence-electron chi connectivity index (χ4n) is 2.64. The van der Waals surface area contributed by atoms with Gasteiger partial charge in [0.25, 0.3) is 0 Å². The van der Waals surface area contributed by atoms with Crippen LogP contribution in [0, 0.1) is 17.5 Å². The van der Waals surface area contributed by atoms with E-state index >= 15 is 0 Å². The maximum atomic E-state index is 13.9. The van der Waals surface area contributed by atoms with Gasteiger partial charge in [0.1, 0.15) is 11.6 Å². The third-order valence-electron chi connectivity index (χ3n) is 3.84. The average Bonchev–Trinajstić information content (AvgIpc) is 2.92. The topological polar surface area (TPSA) is 39.9 Å². The molecule has 0 bridgehead atoms. The molecule has 0 unspecified atom stereocenters. The van der Waals surface area contributed by atoms with Crippen LogP contribution in [0.4, 0.5) is 13.2 Å². The Balaban J connectivity index is 1.97. The van der Waals surface area contributed by atoms with Gasteiger partial charge < -0.3 is 9.30 Å². The summed E-state index contributed by atoms with van der Waals surface area (Å²) in [7, 11) is 1.73. The summed E-state index contributed by atoms with van der Waals surface area (Å²) in [5, 5.41) is 8.30. The van der Waals surface area contributed by atoms with Gasteiger partial charge in [-0.3, -0.25) is 0 Å². The minimum absolute atomic E-state index is 0.0936. The van der Waals surface area contributed by atoms with Gasteiger partial charge in [0.15, 0.2) is 28.8 Å². The molecule has 0 spiro atoms. The van der Waals surface area contributed by atoms with E-state index in [-0.39, 0.29) is 11.6 Å². The lowest BCUT2D eigenvalue weighted by molar-refractivity contribution is 0.0892. The van der Waals surface area contributed by atoms with Gasteiger partial charge in [-0.05, 0) is 60.1 Å². The highest BCUT2D eigenvalue weighted by Crippen LogP contribution is 2.32. The smallest absolute Gasteiger partial charge is 0.176 e. The quantitative estimate of drug-likeness (QED) is 0.591. The molecule has 0 amide bonds. The minimum Gasteiger partial charge on any atom is -0.477 e. The molecule has 0 aliphatic rings. The summed E-state index contributed by atoms with van der Waals surface area (Å²) in [5.41, 5.74) is -0.401. The zero-order valence-electron chi connectivity index (χ0n) is 14.2. The third-order valence-corrected chi connectivity index (χ3v) is 4.50. The van der Waals surface area contributed by atoms with Gasteiger partial charge in [0, 0.05) is 23.2 Å². The summed E-state index contributed by atoms with van der Waals surface area (Å²) in [4.78, 5) is 0. The lowest BCUT2D eigenvalue weighted by atomic mass is 10.1. The summed E-state index contributed by atoms with van der Waals surface area (Å²) >= 11 is 3.31. The van der Waals surface area contributed by atoms with Crippen LogP contribution in [-0.2, 0) is 12.6 Å². The van der Waals surface area contributed by atoms with Crippen LogP contribution in [0.5, 0.6) is 5.75 Å². The Morgan fingerprint density at radius 2 is 1.65 bits per heavy atom. The first kappa shape index (κ1) is 18.4. The van der Waals surface area contributed by atoms with Crippen LogP contribution in [0.3, 0.4) is 0 Å². The molecule has 2 aromatic carbocycles. The summed E-state index contributed by atoms with van der Waals surface area (Å²) in [6.07, 6.45) is 0. The largest absolute Gasteiger partial charge is 0.477 e. The minimum atomic E-state index is -1.05. The highest BCUT2D eigenvalue weighted by Gasteiger charge is 2.31. The molecule has 3 rings (SSSR count). The van der Waals surface area contributed by atoms with E-state index in [0.717, 1.165) is 12.1 Å². The van der Waals surface area contributed by atoms with Gasteiger partial charge in [-0.15, -0.1) is 10.2 Å². The normalized spacial score (nSPS) is 11.7. The van der Waals surface area contributed by atoms with Crippen molar-refractivity contribution in [1.29, 1.82) is 0 Å². The maximum Gasteiger partial charge on any atom is 0.176 e. The highest BCUT2D eigenvalue weighted by atomic mass is 79.9. The van der Waals surface area contributed by atoms with Crippen molar-refractivity contribution in [2.75, 3.05) is 0 Å². The molecular weight excluding hydrogens is 411 g/mol. The van der Waals surface area contributed by atoms with Crippen molar-refractivity contribution in [1.82, 2.24) is 14.8 Å². The number of aromatic nitrogens is 3. The first-order chi connectivity index (χ1) is 12.2. The molecular formula is C18H15BrF3N3O. The highest BCUT2D eigenvalue weighted by molar-refractivity contribution is 9.10. The molecule has 8 heteroatoms. The molecule has 0 saturated carbocycles. The van der Waals surface area contributed by atoms with Gasteiger partial charge in [-0.25, -0.2) is 13.2 Å². The second-order valence-electron chi connectivity index (χ2n) is 6.22. The van der Waals surface area contributed by atoms with E-state index in [1.54, 1.807) is 31.5 Å². The molecule has 0 N–H and O–H groups in total. The van der Waals surface area contributed by atoms with E-state index < -0.39 is 17.2 Å². The molecule has 0 atom stereocenters. The van der Waals surface area contributed by atoms with Gasteiger partial charge in [0.2, 0.25) is 0 Å². The first-order valence-electron chi connectivity index (χ1n) is 7.68. The number of rotatable bonds is 4. The Bertz CT molecular complexity index is 972. The molecule has 1 aromatic heterocycles. The van der Waals surface area contributed by atoms with Crippen LogP contribution in [0.15, 0.2) is 40.9 Å². The SMILES string of the molecule is Cn1c(-c2ccc(F)cc2Br)nnc1C(C)(C)Oc1ccc(F)cc1F. The van der Waals surface area contributed by atoms with E-state index in [9.17, 15) is 13.2 Å². The molecule has 26 heavy (non-hydrogen) atoms. The molecule has 4 nitrogen and oxygen atoms in total. The van der Waals surface area contributed by atoms with E-state index in [1.807, 2.05) is 0 Å². The Labute approximate surface area is 156 Å². The zero-order chi connectivity index (χ0) is 19.1. The number of hydrogen-bond acceptors (Lipinski definition) is 3. The predicted molar refractivity (Wildman–Crippen MR) is 94.1 cm³/mol. The van der Waals surface area contributed by atoms with Gasteiger partial charge in [0.05, 0.1) is 0 Å². The average molecular weight is 426 g/mol. The summed E-state index contributed by atoms with van der Waals surface area (Å²) in [5.74, 6) is -1.05. The lowest BCUT2D eigenvalue weighted by Crippen LogP contribution is -2.29. The second kappa shape index (κ2) is 6.75. The van der Waals surface area contributed by atoms with Crippen LogP contribution in [0.1, 0.15) is 19.7 Å². The Morgan fingerprint density at radius 1 is 1.00 bits per heavy atom. The van der Waals surface area contributed by atoms with Crippen LogP contribution in [0.25, 0.3) is 11.4 Å². The van der Waals surface area contributed by atoms with Crippen molar-refractivity contribution in [3.63, 3.8) is 0 Å². The summed E-state index contributed by atoms with van der Waals surface area (Å²) in [6, 6.07) is 7.33. The molecule has 0 saturated heterocycles. The summed E-state index contributed by atoms with van der Waals surface area (Å²) in [6.45, 7) is 3.40. The standard InChI is InChI=1S/C18H15BrF3N3O/c1-18(2,26-15-7-5-11(21)9-14(15)22)17-24-23-16(25(17)3)12-6-4-10(20)8-13(12)19/h4-9H,1-3H3. The second-order valence-corrected chi connectivity index (χ2v) is 7.07. The lowest BCUT2D eigenvalue weighted by Gasteiger charge is -2.25. The Hall–Kier alpha value is -2.35. The van der Waals surface area contributed by atoms with Gasteiger partial charge >= 0.3 is 0 Å². The number of nitrogens with zero attached hydrogens (tertiary/aromatic N) is 3. The first-order valence-corrected chi connectivity index (χ1v) is 8.47. The van der Waals surface area contributed by atoms with E-state index in [4.69, 9.17) is 4.74 Å². The van der Waals surface area contributed by atoms with Crippen molar-refractivity contribution in [2.24, 2.45) is 7.05 Å². The molecule has 0 aliphatic heterocycles. The molecule has 0 radical (unpaired) electrons. The van der Waals surface area contributed by atoms with Crippen LogP contribution in [0.2, 0.25) is 0 Å². The van der Waals surface area contributed by atoms with Gasteiger partial charge in [-0.1, -0.05) is 0 Å². The van der Waals surface area contributed by atoms with E-state index in [2.05, 4.69) is 26.1 Å².